The molecule has 1 aromatic carbocycles. The first kappa shape index (κ1) is 13.4. The van der Waals surface area contributed by atoms with Gasteiger partial charge in [-0.15, -0.1) is 0 Å². The largest absolute Gasteiger partial charge is 0.373 e. The Labute approximate surface area is 124 Å². The molecule has 5 heteroatoms. The lowest BCUT2D eigenvalue weighted by atomic mass is 10.1. The molecule has 106 valence electrons. The fourth-order valence-electron chi connectivity index (χ4n) is 2.13. The number of hydrogen-bond acceptors (Lipinski definition) is 5. The average molecular weight is 279 g/mol. The van der Waals surface area contributed by atoms with E-state index in [1.807, 2.05) is 37.4 Å². The predicted octanol–water partition coefficient (Wildman–Crippen LogP) is 3.21. The maximum absolute atomic E-state index is 8.68. The van der Waals surface area contributed by atoms with E-state index in [9.17, 15) is 0 Å². The van der Waals surface area contributed by atoms with Crippen LogP contribution in [0, 0.1) is 11.3 Å². The molecule has 3 rings (SSSR count). The molecular formula is C16H17N5. The van der Waals surface area contributed by atoms with Crippen molar-refractivity contribution in [1.29, 1.82) is 5.26 Å². The van der Waals surface area contributed by atoms with E-state index in [1.54, 1.807) is 0 Å². The van der Waals surface area contributed by atoms with E-state index in [-0.39, 0.29) is 0 Å². The first-order chi connectivity index (χ1) is 10.3. The zero-order valence-corrected chi connectivity index (χ0v) is 11.9. The maximum Gasteiger partial charge on any atom is 0.136 e. The van der Waals surface area contributed by atoms with Crippen molar-refractivity contribution >= 4 is 17.3 Å². The van der Waals surface area contributed by atoms with Crippen molar-refractivity contribution < 1.29 is 0 Å². The third-order valence-electron chi connectivity index (χ3n) is 3.45. The van der Waals surface area contributed by atoms with Crippen LogP contribution in [-0.4, -0.2) is 17.0 Å². The number of nitriles is 1. The Morgan fingerprint density at radius 3 is 2.52 bits per heavy atom. The standard InChI is InChI=1S/C16H17N5/c1-18-14-10-15(21-16(20-14)12-4-5-12)19-13-6-2-11(3-7-13)8-9-17/h2-3,6-7,10,12H,4-5,8H2,1H3,(H2,18,19,20,21). The highest BCUT2D eigenvalue weighted by atomic mass is 15.1. The minimum atomic E-state index is 0.434. The second kappa shape index (κ2) is 5.80. The van der Waals surface area contributed by atoms with Gasteiger partial charge in [-0.05, 0) is 30.5 Å². The van der Waals surface area contributed by atoms with Crippen molar-refractivity contribution in [3.8, 4) is 6.07 Å². The lowest BCUT2D eigenvalue weighted by molar-refractivity contribution is 0.932. The molecule has 0 bridgehead atoms. The number of rotatable bonds is 5. The molecule has 1 saturated carbocycles. The summed E-state index contributed by atoms with van der Waals surface area (Å²) in [7, 11) is 1.86. The van der Waals surface area contributed by atoms with Crippen LogP contribution in [0.15, 0.2) is 30.3 Å². The molecule has 2 aromatic rings. The number of nitrogens with zero attached hydrogens (tertiary/aromatic N) is 3. The summed E-state index contributed by atoms with van der Waals surface area (Å²) in [6, 6.07) is 11.9. The van der Waals surface area contributed by atoms with E-state index in [0.29, 0.717) is 12.3 Å². The summed E-state index contributed by atoms with van der Waals surface area (Å²) in [4.78, 5) is 9.08. The van der Waals surface area contributed by atoms with Crippen molar-refractivity contribution in [3.05, 3.63) is 41.7 Å². The van der Waals surface area contributed by atoms with Crippen LogP contribution in [-0.2, 0) is 6.42 Å². The van der Waals surface area contributed by atoms with E-state index in [0.717, 1.165) is 28.7 Å². The Kier molecular flexibility index (Phi) is 3.69. The topological polar surface area (TPSA) is 73.6 Å². The van der Waals surface area contributed by atoms with Gasteiger partial charge in [0.05, 0.1) is 12.5 Å². The molecule has 1 aliphatic rings. The molecule has 1 aromatic heterocycles. The first-order valence-electron chi connectivity index (χ1n) is 7.08. The predicted molar refractivity (Wildman–Crippen MR) is 82.6 cm³/mol. The molecule has 0 atom stereocenters. The Morgan fingerprint density at radius 1 is 1.19 bits per heavy atom. The number of hydrogen-bond donors (Lipinski definition) is 2. The highest BCUT2D eigenvalue weighted by Crippen LogP contribution is 2.39. The van der Waals surface area contributed by atoms with E-state index < -0.39 is 0 Å². The average Bonchev–Trinajstić information content (AvgIpc) is 3.34. The van der Waals surface area contributed by atoms with E-state index in [4.69, 9.17) is 5.26 Å². The highest BCUT2D eigenvalue weighted by Gasteiger charge is 2.27. The third-order valence-corrected chi connectivity index (χ3v) is 3.45. The summed E-state index contributed by atoms with van der Waals surface area (Å²) >= 11 is 0. The normalized spacial score (nSPS) is 13.5. The fraction of sp³-hybridized carbons (Fsp3) is 0.312. The molecule has 0 spiro atoms. The van der Waals surface area contributed by atoms with Gasteiger partial charge in [-0.2, -0.15) is 5.26 Å². The van der Waals surface area contributed by atoms with Crippen LogP contribution in [0.25, 0.3) is 0 Å². The van der Waals surface area contributed by atoms with Gasteiger partial charge in [0, 0.05) is 24.7 Å². The minimum Gasteiger partial charge on any atom is -0.373 e. The molecule has 1 aliphatic carbocycles. The van der Waals surface area contributed by atoms with Gasteiger partial charge in [0.15, 0.2) is 0 Å². The summed E-state index contributed by atoms with van der Waals surface area (Å²) in [6.07, 6.45) is 2.79. The van der Waals surface area contributed by atoms with Crippen LogP contribution in [0.3, 0.4) is 0 Å². The van der Waals surface area contributed by atoms with Gasteiger partial charge >= 0.3 is 0 Å². The second-order valence-electron chi connectivity index (χ2n) is 5.18. The summed E-state index contributed by atoms with van der Waals surface area (Å²) in [5, 5.41) is 15.1. The monoisotopic (exact) mass is 279 g/mol. The minimum absolute atomic E-state index is 0.434. The van der Waals surface area contributed by atoms with Crippen molar-refractivity contribution in [2.75, 3.05) is 17.7 Å². The maximum atomic E-state index is 8.68. The molecule has 21 heavy (non-hydrogen) atoms. The Balaban J connectivity index is 1.80. The smallest absolute Gasteiger partial charge is 0.136 e. The molecule has 5 nitrogen and oxygen atoms in total. The fourth-order valence-corrected chi connectivity index (χ4v) is 2.13. The lowest BCUT2D eigenvalue weighted by Crippen LogP contribution is -2.03. The van der Waals surface area contributed by atoms with Crippen molar-refractivity contribution in [3.63, 3.8) is 0 Å². The first-order valence-corrected chi connectivity index (χ1v) is 7.08. The van der Waals surface area contributed by atoms with E-state index in [2.05, 4.69) is 26.7 Å². The lowest BCUT2D eigenvalue weighted by Gasteiger charge is -2.10. The van der Waals surface area contributed by atoms with Gasteiger partial charge in [-0.1, -0.05) is 12.1 Å². The van der Waals surface area contributed by atoms with Gasteiger partial charge in [0.2, 0.25) is 0 Å². The number of nitrogens with one attached hydrogen (secondary N) is 2. The number of anilines is 3. The van der Waals surface area contributed by atoms with Gasteiger partial charge < -0.3 is 10.6 Å². The van der Waals surface area contributed by atoms with Gasteiger partial charge in [-0.3, -0.25) is 0 Å². The summed E-state index contributed by atoms with van der Waals surface area (Å²) in [5.41, 5.74) is 1.97. The SMILES string of the molecule is CNc1cc(Nc2ccc(CC#N)cc2)nc(C2CC2)n1. The molecule has 0 saturated heterocycles. The van der Waals surface area contributed by atoms with Crippen LogP contribution < -0.4 is 10.6 Å². The van der Waals surface area contributed by atoms with Crippen LogP contribution in [0.1, 0.15) is 30.1 Å². The Bertz CT molecular complexity index is 668. The highest BCUT2D eigenvalue weighted by molar-refractivity contribution is 5.59. The van der Waals surface area contributed by atoms with Gasteiger partial charge in [0.1, 0.15) is 17.5 Å². The Morgan fingerprint density at radius 2 is 1.90 bits per heavy atom. The van der Waals surface area contributed by atoms with Crippen molar-refractivity contribution in [2.24, 2.45) is 0 Å². The van der Waals surface area contributed by atoms with Crippen LogP contribution in [0.2, 0.25) is 0 Å². The van der Waals surface area contributed by atoms with Crippen LogP contribution in [0.4, 0.5) is 17.3 Å². The van der Waals surface area contributed by atoms with Crippen molar-refractivity contribution in [1.82, 2.24) is 9.97 Å². The zero-order valence-electron chi connectivity index (χ0n) is 11.9. The third kappa shape index (κ3) is 3.29. The summed E-state index contributed by atoms with van der Waals surface area (Å²) < 4.78 is 0. The molecule has 0 aliphatic heterocycles. The number of aromatic nitrogens is 2. The van der Waals surface area contributed by atoms with Crippen LogP contribution >= 0.6 is 0 Å². The van der Waals surface area contributed by atoms with Gasteiger partial charge in [-0.25, -0.2) is 9.97 Å². The second-order valence-corrected chi connectivity index (χ2v) is 5.18. The zero-order chi connectivity index (χ0) is 14.7. The molecule has 0 unspecified atom stereocenters. The molecule has 0 radical (unpaired) electrons. The molecule has 2 N–H and O–H groups in total. The molecule has 0 amide bonds. The summed E-state index contributed by atoms with van der Waals surface area (Å²) in [6.45, 7) is 0. The van der Waals surface area contributed by atoms with Crippen LogP contribution in [0.5, 0.6) is 0 Å². The Hall–Kier alpha value is -2.61. The van der Waals surface area contributed by atoms with Gasteiger partial charge in [0.25, 0.3) is 0 Å². The van der Waals surface area contributed by atoms with E-state index in [1.165, 1.54) is 12.8 Å². The van der Waals surface area contributed by atoms with E-state index >= 15 is 0 Å². The molecular weight excluding hydrogens is 262 g/mol. The quantitative estimate of drug-likeness (QED) is 0.879. The molecule has 1 heterocycles. The molecule has 1 fully saturated rings. The summed E-state index contributed by atoms with van der Waals surface area (Å²) in [5.74, 6) is 3.04. The number of benzene rings is 1. The van der Waals surface area contributed by atoms with Crippen molar-refractivity contribution in [2.45, 2.75) is 25.2 Å².